The van der Waals surface area contributed by atoms with Gasteiger partial charge in [0.2, 0.25) is 0 Å². The summed E-state index contributed by atoms with van der Waals surface area (Å²) < 4.78 is 5.42. The predicted molar refractivity (Wildman–Crippen MR) is 112 cm³/mol. The average Bonchev–Trinajstić information content (AvgIpc) is 3.08. The number of ether oxygens (including phenoxy) is 1. The minimum absolute atomic E-state index is 0.395. The number of alkyl carbamates (subject to hydrolysis) is 1. The number of fused-ring (bicyclic) bond motifs is 1. The van der Waals surface area contributed by atoms with Gasteiger partial charge in [-0.1, -0.05) is 57.5 Å². The van der Waals surface area contributed by atoms with E-state index >= 15 is 0 Å². The number of carboxylic acid groups (broad SMARTS) is 2. The van der Waals surface area contributed by atoms with E-state index in [1.54, 1.807) is 20.8 Å². The van der Waals surface area contributed by atoms with Gasteiger partial charge in [-0.25, -0.2) is 9.59 Å². The summed E-state index contributed by atoms with van der Waals surface area (Å²) in [7, 11) is 0. The number of hydrogen-bond acceptors (Lipinski definition) is 4. The Labute approximate surface area is 181 Å². The van der Waals surface area contributed by atoms with E-state index in [1.165, 1.54) is 0 Å². The quantitative estimate of drug-likeness (QED) is 0.528. The molecule has 2 aliphatic rings. The van der Waals surface area contributed by atoms with Crippen LogP contribution in [0.3, 0.4) is 0 Å². The average molecular weight is 476 g/mol. The molecule has 8 heteroatoms. The molecule has 29 heavy (non-hydrogen) atoms. The smallest absolute Gasteiger partial charge is 0.408 e. The van der Waals surface area contributed by atoms with E-state index < -0.39 is 68.0 Å². The summed E-state index contributed by atoms with van der Waals surface area (Å²) >= 11 is 3.66. The Morgan fingerprint density at radius 2 is 1.45 bits per heavy atom. The van der Waals surface area contributed by atoms with Gasteiger partial charge in [-0.3, -0.25) is 4.79 Å². The molecule has 0 aromatic heterocycles. The van der Waals surface area contributed by atoms with Crippen LogP contribution in [-0.4, -0.2) is 44.2 Å². The molecule has 2 fully saturated rings. The number of alkyl halides is 1. The molecular formula is C21H34BrNO6. The maximum Gasteiger partial charge on any atom is 0.408 e. The van der Waals surface area contributed by atoms with Gasteiger partial charge in [-0.15, -0.1) is 0 Å². The zero-order valence-corrected chi connectivity index (χ0v) is 20.3. The first-order valence-electron chi connectivity index (χ1n) is 9.88. The third-order valence-corrected chi connectivity index (χ3v) is 7.62. The van der Waals surface area contributed by atoms with Gasteiger partial charge in [0.05, 0.1) is 5.92 Å². The number of carbonyl (C=O) groups is 3. The van der Waals surface area contributed by atoms with Gasteiger partial charge in [-0.05, 0) is 37.5 Å². The fraction of sp³-hybridized carbons (Fsp3) is 0.857. The Bertz CT molecular complexity index is 731. The SMILES string of the molecule is CC(C)(C)OC(=O)N[C@@]1(C(=O)O)C(C(C)(C)C)[C@H](Br)[C@@H]2[C@@H](C(=O)O)[C@]21C(C)(C)C. The third-order valence-electron chi connectivity index (χ3n) is 6.52. The molecule has 0 saturated heterocycles. The molecule has 0 aromatic rings. The maximum absolute atomic E-state index is 13.0. The van der Waals surface area contributed by atoms with Crippen molar-refractivity contribution in [2.45, 2.75) is 78.3 Å². The monoisotopic (exact) mass is 475 g/mol. The van der Waals surface area contributed by atoms with Gasteiger partial charge in [0.15, 0.2) is 5.54 Å². The molecular weight excluding hydrogens is 442 g/mol. The summed E-state index contributed by atoms with van der Waals surface area (Å²) in [5, 5.41) is 23.3. The molecule has 0 aromatic carbocycles. The van der Waals surface area contributed by atoms with E-state index in [0.717, 1.165) is 0 Å². The normalized spacial score (nSPS) is 36.9. The molecule has 2 aliphatic carbocycles. The minimum atomic E-state index is -1.81. The van der Waals surface area contributed by atoms with Crippen LogP contribution in [0.25, 0.3) is 0 Å². The zero-order chi connectivity index (χ0) is 23.0. The summed E-state index contributed by atoms with van der Waals surface area (Å²) in [6, 6.07) is 0. The van der Waals surface area contributed by atoms with Gasteiger partial charge in [-0.2, -0.15) is 0 Å². The molecule has 7 nitrogen and oxygen atoms in total. The number of amides is 1. The lowest BCUT2D eigenvalue weighted by Crippen LogP contribution is -2.70. The second kappa shape index (κ2) is 6.59. The second-order valence-electron chi connectivity index (χ2n) is 11.5. The van der Waals surface area contributed by atoms with Crippen molar-refractivity contribution in [1.82, 2.24) is 5.32 Å². The Morgan fingerprint density at radius 3 is 1.76 bits per heavy atom. The van der Waals surface area contributed by atoms with Crippen molar-refractivity contribution < 1.29 is 29.3 Å². The molecule has 0 aliphatic heterocycles. The van der Waals surface area contributed by atoms with Gasteiger partial charge < -0.3 is 20.3 Å². The standard InChI is InChI=1S/C21H34BrNO6/c1-17(2,3)13-12(22)10-11(14(24)25)20(10,18(4,5)6)21(13,15(26)27)23-16(28)29-19(7,8)9/h10-13H,1-9H3,(H,23,28)(H,24,25)(H,26,27)/t10-,11-,12+,13?,20-,21+/m0/s1. The van der Waals surface area contributed by atoms with E-state index in [2.05, 4.69) is 21.2 Å². The molecule has 166 valence electrons. The van der Waals surface area contributed by atoms with E-state index in [1.807, 2.05) is 41.5 Å². The Morgan fingerprint density at radius 1 is 0.966 bits per heavy atom. The van der Waals surface area contributed by atoms with Crippen molar-refractivity contribution in [3.05, 3.63) is 0 Å². The molecule has 2 saturated carbocycles. The van der Waals surface area contributed by atoms with E-state index in [9.17, 15) is 24.6 Å². The predicted octanol–water partition coefficient (Wildman–Crippen LogP) is 4.14. The molecule has 2 rings (SSSR count). The first-order chi connectivity index (χ1) is 12.8. The largest absolute Gasteiger partial charge is 0.481 e. The number of carboxylic acids is 2. The van der Waals surface area contributed by atoms with Crippen LogP contribution in [-0.2, 0) is 14.3 Å². The van der Waals surface area contributed by atoms with Crippen LogP contribution < -0.4 is 5.32 Å². The number of carbonyl (C=O) groups excluding carboxylic acids is 1. The zero-order valence-electron chi connectivity index (χ0n) is 18.7. The number of halogens is 1. The topological polar surface area (TPSA) is 113 Å². The minimum Gasteiger partial charge on any atom is -0.481 e. The highest BCUT2D eigenvalue weighted by atomic mass is 79.9. The number of aliphatic carboxylic acids is 2. The van der Waals surface area contributed by atoms with Crippen LogP contribution in [0.5, 0.6) is 0 Å². The molecule has 1 amide bonds. The third kappa shape index (κ3) is 3.26. The summed E-state index contributed by atoms with van der Waals surface area (Å²) in [5.41, 5.74) is -5.05. The summed E-state index contributed by atoms with van der Waals surface area (Å²) in [5.74, 6) is -4.15. The Balaban J connectivity index is 2.79. The number of nitrogens with one attached hydrogen (secondary N) is 1. The lowest BCUT2D eigenvalue weighted by Gasteiger charge is -2.51. The number of hydrogen-bond donors (Lipinski definition) is 3. The van der Waals surface area contributed by atoms with Crippen LogP contribution in [0.15, 0.2) is 0 Å². The molecule has 0 bridgehead atoms. The first kappa shape index (κ1) is 24.0. The molecule has 0 heterocycles. The van der Waals surface area contributed by atoms with Gasteiger partial charge in [0.25, 0.3) is 0 Å². The fourth-order valence-corrected chi connectivity index (χ4v) is 8.02. The Hall–Kier alpha value is -1.31. The van der Waals surface area contributed by atoms with Crippen molar-refractivity contribution in [3.63, 3.8) is 0 Å². The molecule has 0 spiro atoms. The van der Waals surface area contributed by atoms with Crippen LogP contribution in [0.1, 0.15) is 62.3 Å². The van der Waals surface area contributed by atoms with Crippen molar-refractivity contribution >= 4 is 34.0 Å². The Kier molecular flexibility index (Phi) is 5.45. The lowest BCUT2D eigenvalue weighted by atomic mass is 9.57. The summed E-state index contributed by atoms with van der Waals surface area (Å²) in [6.07, 6.45) is -0.853. The van der Waals surface area contributed by atoms with Gasteiger partial charge in [0, 0.05) is 16.2 Å². The molecule has 0 radical (unpaired) electrons. The second-order valence-corrected chi connectivity index (χ2v) is 12.5. The van der Waals surface area contributed by atoms with Crippen LogP contribution in [0.2, 0.25) is 0 Å². The fourth-order valence-electron chi connectivity index (χ4n) is 6.10. The molecule has 1 unspecified atom stereocenters. The van der Waals surface area contributed by atoms with Crippen LogP contribution >= 0.6 is 15.9 Å². The van der Waals surface area contributed by atoms with Crippen molar-refractivity contribution in [1.29, 1.82) is 0 Å². The van der Waals surface area contributed by atoms with Crippen molar-refractivity contribution in [3.8, 4) is 0 Å². The van der Waals surface area contributed by atoms with E-state index in [-0.39, 0.29) is 0 Å². The highest BCUT2D eigenvalue weighted by Gasteiger charge is 2.92. The molecule has 6 atom stereocenters. The highest BCUT2D eigenvalue weighted by Crippen LogP contribution is 2.83. The van der Waals surface area contributed by atoms with Crippen LogP contribution in [0.4, 0.5) is 4.79 Å². The highest BCUT2D eigenvalue weighted by molar-refractivity contribution is 9.09. The van der Waals surface area contributed by atoms with E-state index in [0.29, 0.717) is 0 Å². The van der Waals surface area contributed by atoms with Crippen molar-refractivity contribution in [2.24, 2.45) is 34.0 Å². The van der Waals surface area contributed by atoms with Gasteiger partial charge in [0.1, 0.15) is 5.60 Å². The summed E-state index contributed by atoms with van der Waals surface area (Å²) in [4.78, 5) is 37.7. The first-order valence-corrected chi connectivity index (χ1v) is 10.8. The molecule has 3 N–H and O–H groups in total. The number of rotatable bonds is 3. The van der Waals surface area contributed by atoms with E-state index in [4.69, 9.17) is 4.74 Å². The van der Waals surface area contributed by atoms with Crippen LogP contribution in [0, 0.1) is 34.0 Å². The maximum atomic E-state index is 13.0. The van der Waals surface area contributed by atoms with Crippen molar-refractivity contribution in [2.75, 3.05) is 0 Å². The van der Waals surface area contributed by atoms with Gasteiger partial charge >= 0.3 is 18.0 Å². The summed E-state index contributed by atoms with van der Waals surface area (Å²) in [6.45, 7) is 16.4. The lowest BCUT2D eigenvalue weighted by molar-refractivity contribution is -0.160.